The fraction of sp³-hybridized carbons (Fsp3) is 0.235. The van der Waals surface area contributed by atoms with E-state index in [0.717, 1.165) is 16.0 Å². The van der Waals surface area contributed by atoms with Gasteiger partial charge in [0.2, 0.25) is 12.2 Å². The van der Waals surface area contributed by atoms with Crippen molar-refractivity contribution < 1.29 is 14.1 Å². The molecule has 6 nitrogen and oxygen atoms in total. The predicted molar refractivity (Wildman–Crippen MR) is 88.6 cm³/mol. The van der Waals surface area contributed by atoms with Gasteiger partial charge in [-0.15, -0.1) is 11.3 Å². The van der Waals surface area contributed by atoms with E-state index in [2.05, 4.69) is 10.1 Å². The Morgan fingerprint density at radius 1 is 1.25 bits per heavy atom. The van der Waals surface area contributed by atoms with Crippen LogP contribution in [0, 0.1) is 0 Å². The van der Waals surface area contributed by atoms with Gasteiger partial charge in [0.25, 0.3) is 5.91 Å². The topological polar surface area (TPSA) is 68.5 Å². The molecule has 24 heavy (non-hydrogen) atoms. The van der Waals surface area contributed by atoms with Gasteiger partial charge in [-0.05, 0) is 17.0 Å². The second kappa shape index (κ2) is 6.54. The molecule has 0 aliphatic carbocycles. The number of thiophene rings is 1. The van der Waals surface area contributed by atoms with Crippen molar-refractivity contribution in [3.63, 3.8) is 0 Å². The first kappa shape index (κ1) is 15.0. The van der Waals surface area contributed by atoms with Crippen LogP contribution in [0.5, 0.6) is 0 Å². The third-order valence-corrected chi connectivity index (χ3v) is 4.87. The Morgan fingerprint density at radius 3 is 2.92 bits per heavy atom. The maximum absolute atomic E-state index is 13.0. The van der Waals surface area contributed by atoms with E-state index >= 15 is 0 Å². The molecule has 3 heterocycles. The van der Waals surface area contributed by atoms with Crippen molar-refractivity contribution in [1.82, 2.24) is 15.0 Å². The Morgan fingerprint density at radius 2 is 2.12 bits per heavy atom. The van der Waals surface area contributed by atoms with E-state index in [1.807, 2.05) is 41.8 Å². The fourth-order valence-corrected chi connectivity index (χ4v) is 3.66. The lowest BCUT2D eigenvalue weighted by Crippen LogP contribution is -2.42. The van der Waals surface area contributed by atoms with E-state index in [0.29, 0.717) is 25.5 Å². The molecule has 0 unspecified atom stereocenters. The number of amides is 1. The first-order chi connectivity index (χ1) is 11.8. The summed E-state index contributed by atoms with van der Waals surface area (Å²) < 4.78 is 10.4. The van der Waals surface area contributed by atoms with Crippen molar-refractivity contribution in [1.29, 1.82) is 0 Å². The highest BCUT2D eigenvalue weighted by Gasteiger charge is 2.30. The second-order valence-electron chi connectivity index (χ2n) is 5.43. The second-order valence-corrected chi connectivity index (χ2v) is 6.35. The molecule has 0 spiro atoms. The smallest absolute Gasteiger partial charge is 0.264 e. The Kier molecular flexibility index (Phi) is 4.10. The molecule has 0 N–H and O–H groups in total. The van der Waals surface area contributed by atoms with Gasteiger partial charge in [-0.2, -0.15) is 4.98 Å². The fourth-order valence-electron chi connectivity index (χ4n) is 2.77. The SMILES string of the molecule is O=C(c1sccc1-c1ccccc1)N1CCO[C@H](c2ncon2)C1. The van der Waals surface area contributed by atoms with Crippen LogP contribution in [-0.2, 0) is 4.74 Å². The number of morpholine rings is 1. The molecule has 7 heteroatoms. The van der Waals surface area contributed by atoms with Gasteiger partial charge in [-0.3, -0.25) is 4.79 Å². The number of carbonyl (C=O) groups is 1. The highest BCUT2D eigenvalue weighted by molar-refractivity contribution is 7.12. The summed E-state index contributed by atoms with van der Waals surface area (Å²) in [5.41, 5.74) is 2.01. The van der Waals surface area contributed by atoms with Crippen LogP contribution < -0.4 is 0 Å². The van der Waals surface area contributed by atoms with Crippen LogP contribution in [0.15, 0.2) is 52.7 Å². The summed E-state index contributed by atoms with van der Waals surface area (Å²) in [7, 11) is 0. The minimum absolute atomic E-state index is 0.0145. The number of aromatic nitrogens is 2. The summed E-state index contributed by atoms with van der Waals surface area (Å²) in [6.07, 6.45) is 0.924. The maximum atomic E-state index is 13.0. The molecule has 1 amide bonds. The molecule has 1 aromatic carbocycles. The van der Waals surface area contributed by atoms with Crippen LogP contribution in [0.25, 0.3) is 11.1 Å². The number of nitrogens with zero attached hydrogens (tertiary/aromatic N) is 3. The van der Waals surface area contributed by atoms with Gasteiger partial charge in [0.1, 0.15) is 6.10 Å². The predicted octanol–water partition coefficient (Wildman–Crippen LogP) is 3.01. The van der Waals surface area contributed by atoms with Crippen molar-refractivity contribution in [2.24, 2.45) is 0 Å². The minimum atomic E-state index is -0.346. The average molecular weight is 341 g/mol. The first-order valence-electron chi connectivity index (χ1n) is 7.63. The number of rotatable bonds is 3. The molecule has 3 aromatic rings. The molecule has 1 aliphatic heterocycles. The molecule has 0 bridgehead atoms. The third-order valence-electron chi connectivity index (χ3n) is 3.96. The van der Waals surface area contributed by atoms with Crippen molar-refractivity contribution in [3.8, 4) is 11.1 Å². The molecule has 0 radical (unpaired) electrons. The normalized spacial score (nSPS) is 17.8. The van der Waals surface area contributed by atoms with Crippen LogP contribution in [0.4, 0.5) is 0 Å². The van der Waals surface area contributed by atoms with Crippen LogP contribution >= 0.6 is 11.3 Å². The molecule has 4 rings (SSSR count). The Bertz CT molecular complexity index is 817. The minimum Gasteiger partial charge on any atom is -0.366 e. The third kappa shape index (κ3) is 2.83. The van der Waals surface area contributed by atoms with Crippen molar-refractivity contribution in [2.45, 2.75) is 6.10 Å². The Labute approximate surface area is 142 Å². The van der Waals surface area contributed by atoms with Crippen LogP contribution in [0.3, 0.4) is 0 Å². The van der Waals surface area contributed by atoms with Gasteiger partial charge in [0.15, 0.2) is 0 Å². The number of hydrogen-bond donors (Lipinski definition) is 0. The van der Waals surface area contributed by atoms with E-state index in [-0.39, 0.29) is 12.0 Å². The van der Waals surface area contributed by atoms with E-state index in [9.17, 15) is 4.79 Å². The maximum Gasteiger partial charge on any atom is 0.264 e. The van der Waals surface area contributed by atoms with Crippen LogP contribution in [-0.4, -0.2) is 40.6 Å². The molecule has 2 aromatic heterocycles. The summed E-state index contributed by atoms with van der Waals surface area (Å²) in [5.74, 6) is 0.489. The van der Waals surface area contributed by atoms with Gasteiger partial charge in [-0.25, -0.2) is 0 Å². The summed E-state index contributed by atoms with van der Waals surface area (Å²) in [4.78, 5) is 19.5. The molecule has 1 aliphatic rings. The van der Waals surface area contributed by atoms with E-state index < -0.39 is 0 Å². The zero-order chi connectivity index (χ0) is 16.4. The van der Waals surface area contributed by atoms with Crippen LogP contribution in [0.1, 0.15) is 21.6 Å². The Balaban J connectivity index is 1.57. The molecular formula is C17H15N3O3S. The quantitative estimate of drug-likeness (QED) is 0.732. The monoisotopic (exact) mass is 341 g/mol. The van der Waals surface area contributed by atoms with E-state index in [1.54, 1.807) is 4.90 Å². The highest BCUT2D eigenvalue weighted by atomic mass is 32.1. The summed E-state index contributed by atoms with van der Waals surface area (Å²) >= 11 is 1.46. The van der Waals surface area contributed by atoms with E-state index in [4.69, 9.17) is 9.26 Å². The van der Waals surface area contributed by atoms with E-state index in [1.165, 1.54) is 17.7 Å². The molecule has 1 atom stereocenters. The Hall–Kier alpha value is -2.51. The van der Waals surface area contributed by atoms with Gasteiger partial charge < -0.3 is 14.2 Å². The first-order valence-corrected chi connectivity index (χ1v) is 8.51. The lowest BCUT2D eigenvalue weighted by Gasteiger charge is -2.31. The lowest BCUT2D eigenvalue weighted by atomic mass is 10.1. The standard InChI is InChI=1S/C17H15N3O3S/c21-17(15-13(6-9-24-15)12-4-2-1-3-5-12)20-7-8-22-14(10-20)16-18-11-23-19-16/h1-6,9,11,14H,7-8,10H2/t14-/m0/s1. The number of benzene rings is 1. The summed E-state index contributed by atoms with van der Waals surface area (Å²) in [6.45, 7) is 1.43. The van der Waals surface area contributed by atoms with Gasteiger partial charge in [0.05, 0.1) is 18.0 Å². The molecular weight excluding hydrogens is 326 g/mol. The summed E-state index contributed by atoms with van der Waals surface area (Å²) in [5, 5.41) is 5.77. The molecule has 1 saturated heterocycles. The van der Waals surface area contributed by atoms with Crippen molar-refractivity contribution in [3.05, 3.63) is 58.9 Å². The summed E-state index contributed by atoms with van der Waals surface area (Å²) in [6, 6.07) is 11.9. The zero-order valence-corrected chi connectivity index (χ0v) is 13.6. The number of ether oxygens (including phenoxy) is 1. The molecule has 0 saturated carbocycles. The zero-order valence-electron chi connectivity index (χ0n) is 12.8. The average Bonchev–Trinajstić information content (AvgIpc) is 3.34. The van der Waals surface area contributed by atoms with Gasteiger partial charge in [0, 0.05) is 12.1 Å². The number of carbonyl (C=O) groups excluding carboxylic acids is 1. The van der Waals surface area contributed by atoms with Crippen LogP contribution in [0.2, 0.25) is 0 Å². The highest BCUT2D eigenvalue weighted by Crippen LogP contribution is 2.30. The molecule has 1 fully saturated rings. The van der Waals surface area contributed by atoms with Crippen molar-refractivity contribution >= 4 is 17.2 Å². The van der Waals surface area contributed by atoms with Gasteiger partial charge >= 0.3 is 0 Å². The van der Waals surface area contributed by atoms with Gasteiger partial charge in [-0.1, -0.05) is 35.5 Å². The lowest BCUT2D eigenvalue weighted by molar-refractivity contribution is -0.0274. The largest absolute Gasteiger partial charge is 0.366 e. The van der Waals surface area contributed by atoms with Crippen molar-refractivity contribution in [2.75, 3.05) is 19.7 Å². The molecule has 122 valence electrons. The number of hydrogen-bond acceptors (Lipinski definition) is 6.